The van der Waals surface area contributed by atoms with Crippen molar-refractivity contribution < 1.29 is 19.0 Å². The molecule has 1 N–H and O–H groups in total. The van der Waals surface area contributed by atoms with Gasteiger partial charge in [0.2, 0.25) is 0 Å². The Hall–Kier alpha value is -1.28. The number of methoxy groups -OCH3 is 1. The molecule has 2 bridgehead atoms. The van der Waals surface area contributed by atoms with E-state index in [1.165, 1.54) is 0 Å². The third-order valence-electron chi connectivity index (χ3n) is 4.71. The zero-order valence-corrected chi connectivity index (χ0v) is 17.0. The molecular weight excluding hydrogens is 399 g/mol. The largest absolute Gasteiger partial charge is 0.466 e. The van der Waals surface area contributed by atoms with Gasteiger partial charge < -0.3 is 24.4 Å². The van der Waals surface area contributed by atoms with E-state index in [0.29, 0.717) is 39.6 Å². The first-order valence-corrected chi connectivity index (χ1v) is 9.41. The van der Waals surface area contributed by atoms with Crippen LogP contribution in [-0.2, 0) is 14.3 Å². The van der Waals surface area contributed by atoms with Gasteiger partial charge in [-0.3, -0.25) is 4.79 Å². The lowest BCUT2D eigenvalue weighted by Gasteiger charge is -2.55. The van der Waals surface area contributed by atoms with Gasteiger partial charge in [0.25, 0.3) is 0 Å². The molecule has 2 heterocycles. The van der Waals surface area contributed by atoms with Crippen LogP contribution in [0.5, 0.6) is 5.75 Å². The van der Waals surface area contributed by atoms with Gasteiger partial charge in [0.1, 0.15) is 11.7 Å². The van der Waals surface area contributed by atoms with E-state index in [1.54, 1.807) is 31.1 Å². The summed E-state index contributed by atoms with van der Waals surface area (Å²) in [5.74, 6) is -0.547. The van der Waals surface area contributed by atoms with Gasteiger partial charge in [-0.1, -0.05) is 23.2 Å². The predicted octanol–water partition coefficient (Wildman–Crippen LogP) is 3.16. The number of rotatable bonds is 5. The second kappa shape index (κ2) is 7.38. The summed E-state index contributed by atoms with van der Waals surface area (Å²) in [6, 6.07) is 2.90. The maximum Gasteiger partial charge on any atom is 0.317 e. The van der Waals surface area contributed by atoms with Crippen LogP contribution < -0.4 is 10.1 Å². The van der Waals surface area contributed by atoms with E-state index in [4.69, 9.17) is 49.6 Å². The maximum atomic E-state index is 12.8. The minimum Gasteiger partial charge on any atom is -0.466 e. The number of thiocarbonyl (C=S) groups is 1. The van der Waals surface area contributed by atoms with Crippen LogP contribution in [-0.4, -0.2) is 48.6 Å². The third-order valence-corrected chi connectivity index (χ3v) is 5.55. The molecule has 2 aliphatic rings. The third kappa shape index (κ3) is 3.11. The second-order valence-corrected chi connectivity index (χ2v) is 7.49. The Balaban J connectivity index is 2.14. The standard InChI is InChI=1S/C17H20Cl2N2O4S/c1-4-24-15(22)12-13-10-7-9(18)8-11(19)14(10)25-17(12,2)21(5-6-23-3)16(26)20-13/h7-8,12-13H,4-6H2,1-3H3,(H,20,26)/t12-,13-,17-/m0/s1. The molecule has 26 heavy (non-hydrogen) atoms. The van der Waals surface area contributed by atoms with E-state index in [0.717, 1.165) is 0 Å². The van der Waals surface area contributed by atoms with Crippen LogP contribution in [0.25, 0.3) is 0 Å². The fraction of sp³-hybridized carbons (Fsp3) is 0.529. The lowest BCUT2D eigenvalue weighted by atomic mass is 9.79. The molecule has 0 amide bonds. The molecule has 6 nitrogen and oxygen atoms in total. The first-order valence-electron chi connectivity index (χ1n) is 8.25. The van der Waals surface area contributed by atoms with Crippen LogP contribution in [0.2, 0.25) is 10.0 Å². The lowest BCUT2D eigenvalue weighted by molar-refractivity contribution is -0.176. The van der Waals surface area contributed by atoms with Crippen molar-refractivity contribution in [2.75, 3.05) is 26.9 Å². The first-order chi connectivity index (χ1) is 12.3. The summed E-state index contributed by atoms with van der Waals surface area (Å²) in [6.07, 6.45) is 0. The number of hydrogen-bond acceptors (Lipinski definition) is 5. The second-order valence-electron chi connectivity index (χ2n) is 6.26. The van der Waals surface area contributed by atoms with Gasteiger partial charge in [-0.25, -0.2) is 0 Å². The lowest BCUT2D eigenvalue weighted by Crippen LogP contribution is -2.71. The highest BCUT2D eigenvalue weighted by molar-refractivity contribution is 7.80. The van der Waals surface area contributed by atoms with Crippen molar-refractivity contribution in [1.29, 1.82) is 0 Å². The normalized spacial score (nSPS) is 26.7. The van der Waals surface area contributed by atoms with Crippen LogP contribution in [0.4, 0.5) is 0 Å². The minimum atomic E-state index is -1.07. The fourth-order valence-electron chi connectivity index (χ4n) is 3.57. The maximum absolute atomic E-state index is 12.8. The van der Waals surface area contributed by atoms with Crippen molar-refractivity contribution in [3.63, 3.8) is 0 Å². The quantitative estimate of drug-likeness (QED) is 0.581. The number of nitrogens with zero attached hydrogens (tertiary/aromatic N) is 1. The molecule has 0 radical (unpaired) electrons. The molecule has 1 aromatic rings. The van der Waals surface area contributed by atoms with E-state index in [9.17, 15) is 4.79 Å². The van der Waals surface area contributed by atoms with Crippen molar-refractivity contribution in [3.05, 3.63) is 27.7 Å². The van der Waals surface area contributed by atoms with Crippen LogP contribution in [0.15, 0.2) is 12.1 Å². The van der Waals surface area contributed by atoms with Crippen LogP contribution in [0.3, 0.4) is 0 Å². The van der Waals surface area contributed by atoms with Crippen molar-refractivity contribution in [2.45, 2.75) is 25.6 Å². The number of carbonyl (C=O) groups excluding carboxylic acids is 1. The molecule has 2 aliphatic heterocycles. The van der Waals surface area contributed by atoms with Crippen molar-refractivity contribution in [2.24, 2.45) is 5.92 Å². The van der Waals surface area contributed by atoms with E-state index in [2.05, 4.69) is 5.32 Å². The summed E-state index contributed by atoms with van der Waals surface area (Å²) in [5, 5.41) is 4.54. The van der Waals surface area contributed by atoms with E-state index < -0.39 is 17.7 Å². The summed E-state index contributed by atoms with van der Waals surface area (Å²) >= 11 is 18.1. The smallest absolute Gasteiger partial charge is 0.317 e. The van der Waals surface area contributed by atoms with Crippen molar-refractivity contribution in [1.82, 2.24) is 10.2 Å². The van der Waals surface area contributed by atoms with Gasteiger partial charge in [-0.15, -0.1) is 0 Å². The summed E-state index contributed by atoms with van der Waals surface area (Å²) in [5.41, 5.74) is -0.380. The number of esters is 1. The number of ether oxygens (including phenoxy) is 3. The Bertz CT molecular complexity index is 748. The zero-order chi connectivity index (χ0) is 19.1. The zero-order valence-electron chi connectivity index (χ0n) is 14.7. The molecule has 3 rings (SSSR count). The Kier molecular flexibility index (Phi) is 5.53. The van der Waals surface area contributed by atoms with Crippen LogP contribution in [0.1, 0.15) is 25.5 Å². The van der Waals surface area contributed by atoms with Crippen LogP contribution in [0, 0.1) is 5.92 Å². The van der Waals surface area contributed by atoms with Crippen molar-refractivity contribution in [3.8, 4) is 5.75 Å². The van der Waals surface area contributed by atoms with Crippen LogP contribution >= 0.6 is 35.4 Å². The van der Waals surface area contributed by atoms with E-state index in [-0.39, 0.29) is 12.6 Å². The first kappa shape index (κ1) is 19.5. The average Bonchev–Trinajstić information content (AvgIpc) is 2.56. The number of nitrogens with one attached hydrogen (secondary N) is 1. The summed E-state index contributed by atoms with van der Waals surface area (Å²) in [7, 11) is 1.60. The summed E-state index contributed by atoms with van der Waals surface area (Å²) < 4.78 is 16.8. The number of carbonyl (C=O) groups is 1. The molecule has 0 spiro atoms. The number of fused-ring (bicyclic) bond motifs is 4. The van der Waals surface area contributed by atoms with Gasteiger partial charge in [0.05, 0.1) is 24.3 Å². The predicted molar refractivity (Wildman–Crippen MR) is 103 cm³/mol. The van der Waals surface area contributed by atoms with Crippen molar-refractivity contribution >= 4 is 46.5 Å². The molecule has 142 valence electrons. The molecule has 0 aliphatic carbocycles. The number of hydrogen-bond donors (Lipinski definition) is 1. The molecule has 1 fully saturated rings. The van der Waals surface area contributed by atoms with Gasteiger partial charge in [0.15, 0.2) is 10.8 Å². The Morgan fingerprint density at radius 1 is 1.46 bits per heavy atom. The van der Waals surface area contributed by atoms with Gasteiger partial charge in [0, 0.05) is 24.2 Å². The fourth-order valence-corrected chi connectivity index (χ4v) is 4.51. The van der Waals surface area contributed by atoms with E-state index >= 15 is 0 Å². The molecule has 9 heteroatoms. The minimum absolute atomic E-state index is 0.268. The highest BCUT2D eigenvalue weighted by atomic mass is 35.5. The number of benzene rings is 1. The highest BCUT2D eigenvalue weighted by Crippen LogP contribution is 2.51. The van der Waals surface area contributed by atoms with Gasteiger partial charge in [-0.2, -0.15) is 0 Å². The Labute approximate surface area is 167 Å². The molecule has 1 aromatic carbocycles. The molecule has 3 atom stereocenters. The number of halogens is 2. The monoisotopic (exact) mass is 418 g/mol. The SMILES string of the molecule is CCOC(=O)[C@@H]1[C@H]2NC(=S)N(CCOC)[C@@]1(C)Oc1c(Cl)cc(Cl)cc12. The average molecular weight is 419 g/mol. The molecule has 0 unspecified atom stereocenters. The Morgan fingerprint density at radius 3 is 2.85 bits per heavy atom. The summed E-state index contributed by atoms with van der Waals surface area (Å²) in [6.45, 7) is 4.72. The highest BCUT2D eigenvalue weighted by Gasteiger charge is 2.59. The van der Waals surface area contributed by atoms with Gasteiger partial charge >= 0.3 is 5.97 Å². The molecule has 1 saturated heterocycles. The summed E-state index contributed by atoms with van der Waals surface area (Å²) in [4.78, 5) is 14.6. The van der Waals surface area contributed by atoms with E-state index in [1.807, 2.05) is 6.92 Å². The molecule has 0 saturated carbocycles. The topological polar surface area (TPSA) is 60.0 Å². The molecular formula is C17H20Cl2N2O4S. The molecule has 0 aromatic heterocycles. The van der Waals surface area contributed by atoms with Gasteiger partial charge in [-0.05, 0) is 38.2 Å². The Morgan fingerprint density at radius 2 is 2.19 bits per heavy atom.